The van der Waals surface area contributed by atoms with Gasteiger partial charge in [0.25, 0.3) is 0 Å². The van der Waals surface area contributed by atoms with E-state index in [0.29, 0.717) is 6.04 Å². The molecule has 0 aliphatic heterocycles. The Morgan fingerprint density at radius 1 is 0.864 bits per heavy atom. The monoisotopic (exact) mass is 293 g/mol. The highest BCUT2D eigenvalue weighted by molar-refractivity contribution is 6.13. The third-order valence-corrected chi connectivity index (χ3v) is 4.30. The summed E-state index contributed by atoms with van der Waals surface area (Å²) in [5, 5.41) is 0. The summed E-state index contributed by atoms with van der Waals surface area (Å²) < 4.78 is 5.26. The Hall–Kier alpha value is -2.09. The minimum atomic E-state index is 0.464. The smallest absolute Gasteiger partial charge is 0.118 e. The Labute approximate surface area is 132 Å². The topological polar surface area (TPSA) is 21.6 Å². The van der Waals surface area contributed by atoms with Gasteiger partial charge in [0, 0.05) is 11.1 Å². The van der Waals surface area contributed by atoms with Crippen molar-refractivity contribution in [2.45, 2.75) is 38.1 Å². The van der Waals surface area contributed by atoms with Crippen LogP contribution < -0.4 is 4.74 Å². The highest BCUT2D eigenvalue weighted by atomic mass is 16.5. The number of aliphatic imine (C=N–C) groups is 1. The van der Waals surface area contributed by atoms with E-state index in [1.807, 2.05) is 12.1 Å². The van der Waals surface area contributed by atoms with Crippen LogP contribution in [0, 0.1) is 0 Å². The number of hydrogen-bond donors (Lipinski definition) is 0. The van der Waals surface area contributed by atoms with Crippen molar-refractivity contribution in [3.8, 4) is 5.75 Å². The van der Waals surface area contributed by atoms with E-state index < -0.39 is 0 Å². The molecule has 3 rings (SSSR count). The Morgan fingerprint density at radius 3 is 2.14 bits per heavy atom. The molecule has 22 heavy (non-hydrogen) atoms. The molecule has 1 aliphatic carbocycles. The second-order valence-corrected chi connectivity index (χ2v) is 5.86. The van der Waals surface area contributed by atoms with E-state index in [1.165, 1.54) is 37.7 Å². The van der Waals surface area contributed by atoms with Gasteiger partial charge in [0.2, 0.25) is 0 Å². The summed E-state index contributed by atoms with van der Waals surface area (Å²) in [6.45, 7) is 0. The third-order valence-electron chi connectivity index (χ3n) is 4.30. The molecular weight excluding hydrogens is 270 g/mol. The fourth-order valence-corrected chi connectivity index (χ4v) is 3.05. The lowest BCUT2D eigenvalue weighted by atomic mass is 9.94. The first kappa shape index (κ1) is 14.8. The predicted molar refractivity (Wildman–Crippen MR) is 91.9 cm³/mol. The maximum absolute atomic E-state index is 5.26. The fraction of sp³-hybridized carbons (Fsp3) is 0.350. The molecule has 0 heterocycles. The number of benzene rings is 2. The van der Waals surface area contributed by atoms with Crippen LogP contribution >= 0.6 is 0 Å². The zero-order valence-corrected chi connectivity index (χ0v) is 13.2. The summed E-state index contributed by atoms with van der Waals surface area (Å²) in [6.07, 6.45) is 6.39. The van der Waals surface area contributed by atoms with Crippen molar-refractivity contribution in [1.29, 1.82) is 0 Å². The molecule has 2 nitrogen and oxygen atoms in total. The predicted octanol–water partition coefficient (Wildman–Crippen LogP) is 4.87. The maximum Gasteiger partial charge on any atom is 0.118 e. The molecule has 2 aromatic rings. The second-order valence-electron chi connectivity index (χ2n) is 5.86. The van der Waals surface area contributed by atoms with Gasteiger partial charge in [0.15, 0.2) is 0 Å². The van der Waals surface area contributed by atoms with Gasteiger partial charge in [-0.15, -0.1) is 0 Å². The average molecular weight is 293 g/mol. The van der Waals surface area contributed by atoms with Crippen molar-refractivity contribution in [2.24, 2.45) is 4.99 Å². The van der Waals surface area contributed by atoms with Crippen LogP contribution in [0.2, 0.25) is 0 Å². The molecule has 0 N–H and O–H groups in total. The number of methoxy groups -OCH3 is 1. The van der Waals surface area contributed by atoms with E-state index in [4.69, 9.17) is 9.73 Å². The molecular formula is C20H23NO. The van der Waals surface area contributed by atoms with E-state index in [2.05, 4.69) is 42.5 Å². The van der Waals surface area contributed by atoms with Gasteiger partial charge in [-0.05, 0) is 37.1 Å². The van der Waals surface area contributed by atoms with Crippen LogP contribution in [0.15, 0.2) is 59.6 Å². The Morgan fingerprint density at radius 2 is 1.50 bits per heavy atom. The van der Waals surface area contributed by atoms with Crippen molar-refractivity contribution in [3.63, 3.8) is 0 Å². The zero-order chi connectivity index (χ0) is 15.2. The third kappa shape index (κ3) is 3.56. The van der Waals surface area contributed by atoms with Gasteiger partial charge in [0.05, 0.1) is 18.9 Å². The van der Waals surface area contributed by atoms with Gasteiger partial charge in [-0.3, -0.25) is 4.99 Å². The fourth-order valence-electron chi connectivity index (χ4n) is 3.05. The summed E-state index contributed by atoms with van der Waals surface area (Å²) >= 11 is 0. The standard InChI is InChI=1S/C20H23NO/c1-22-19-14-12-17(13-15-19)20(16-8-4-2-5-9-16)21-18-10-6-3-7-11-18/h2,4-5,8-9,12-15,18H,3,6-7,10-11H2,1H3. The molecule has 2 heteroatoms. The van der Waals surface area contributed by atoms with Gasteiger partial charge in [-0.2, -0.15) is 0 Å². The summed E-state index contributed by atoms with van der Waals surface area (Å²) in [6, 6.07) is 19.2. The van der Waals surface area contributed by atoms with Crippen LogP contribution in [-0.2, 0) is 0 Å². The van der Waals surface area contributed by atoms with Crippen LogP contribution in [0.4, 0.5) is 0 Å². The molecule has 0 saturated heterocycles. The number of rotatable bonds is 4. The van der Waals surface area contributed by atoms with Crippen LogP contribution in [0.3, 0.4) is 0 Å². The first-order valence-electron chi connectivity index (χ1n) is 8.14. The van der Waals surface area contributed by atoms with E-state index >= 15 is 0 Å². The lowest BCUT2D eigenvalue weighted by Gasteiger charge is -2.20. The molecule has 0 radical (unpaired) electrons. The van der Waals surface area contributed by atoms with Gasteiger partial charge in [0.1, 0.15) is 5.75 Å². The number of ether oxygens (including phenoxy) is 1. The van der Waals surface area contributed by atoms with Crippen molar-refractivity contribution >= 4 is 5.71 Å². The molecule has 0 unspecified atom stereocenters. The molecule has 1 fully saturated rings. The van der Waals surface area contributed by atoms with Crippen molar-refractivity contribution in [3.05, 3.63) is 65.7 Å². The summed E-state index contributed by atoms with van der Waals surface area (Å²) in [7, 11) is 1.70. The lowest BCUT2D eigenvalue weighted by molar-refractivity contribution is 0.415. The molecule has 0 spiro atoms. The Bertz CT molecular complexity index is 610. The largest absolute Gasteiger partial charge is 0.497 e. The van der Waals surface area contributed by atoms with Gasteiger partial charge in [-0.25, -0.2) is 0 Å². The molecule has 1 aliphatic rings. The summed E-state index contributed by atoms with van der Waals surface area (Å²) in [5.74, 6) is 0.883. The van der Waals surface area contributed by atoms with E-state index in [9.17, 15) is 0 Å². The van der Waals surface area contributed by atoms with E-state index in [1.54, 1.807) is 7.11 Å². The zero-order valence-electron chi connectivity index (χ0n) is 13.2. The second kappa shape index (κ2) is 7.26. The van der Waals surface area contributed by atoms with Gasteiger partial charge in [-0.1, -0.05) is 49.6 Å². The summed E-state index contributed by atoms with van der Waals surface area (Å²) in [5.41, 5.74) is 3.46. The highest BCUT2D eigenvalue weighted by Crippen LogP contribution is 2.23. The van der Waals surface area contributed by atoms with E-state index in [0.717, 1.165) is 17.0 Å². The molecule has 114 valence electrons. The first-order valence-corrected chi connectivity index (χ1v) is 8.14. The van der Waals surface area contributed by atoms with Crippen molar-refractivity contribution in [2.75, 3.05) is 7.11 Å². The Balaban J connectivity index is 1.96. The molecule has 0 aromatic heterocycles. The number of hydrogen-bond acceptors (Lipinski definition) is 2. The molecule has 1 saturated carbocycles. The summed E-state index contributed by atoms with van der Waals surface area (Å²) in [4.78, 5) is 5.11. The van der Waals surface area contributed by atoms with Crippen LogP contribution in [0.25, 0.3) is 0 Å². The Kier molecular flexibility index (Phi) is 4.89. The van der Waals surface area contributed by atoms with Gasteiger partial charge >= 0.3 is 0 Å². The van der Waals surface area contributed by atoms with Crippen LogP contribution in [0.5, 0.6) is 5.75 Å². The molecule has 0 bridgehead atoms. The SMILES string of the molecule is COc1ccc(C(=NC2CCCCC2)c2ccccc2)cc1. The van der Waals surface area contributed by atoms with Crippen molar-refractivity contribution in [1.82, 2.24) is 0 Å². The minimum absolute atomic E-state index is 0.464. The average Bonchev–Trinajstić information content (AvgIpc) is 2.61. The molecule has 2 aromatic carbocycles. The molecule has 0 amide bonds. The number of nitrogens with zero attached hydrogens (tertiary/aromatic N) is 1. The van der Waals surface area contributed by atoms with Gasteiger partial charge < -0.3 is 4.74 Å². The highest BCUT2D eigenvalue weighted by Gasteiger charge is 2.15. The van der Waals surface area contributed by atoms with Crippen LogP contribution in [0.1, 0.15) is 43.2 Å². The maximum atomic E-state index is 5.26. The van der Waals surface area contributed by atoms with E-state index in [-0.39, 0.29) is 0 Å². The van der Waals surface area contributed by atoms with Crippen molar-refractivity contribution < 1.29 is 4.74 Å². The minimum Gasteiger partial charge on any atom is -0.497 e. The quantitative estimate of drug-likeness (QED) is 0.737. The normalized spacial score (nSPS) is 16.5. The lowest BCUT2D eigenvalue weighted by Crippen LogP contribution is -2.14. The first-order chi connectivity index (χ1) is 10.9. The molecule has 0 atom stereocenters. The van der Waals surface area contributed by atoms with Crippen LogP contribution in [-0.4, -0.2) is 18.9 Å².